The summed E-state index contributed by atoms with van der Waals surface area (Å²) < 4.78 is 0. The zero-order valence-electron chi connectivity index (χ0n) is 10.7. The van der Waals surface area contributed by atoms with Gasteiger partial charge in [0.1, 0.15) is 6.04 Å². The summed E-state index contributed by atoms with van der Waals surface area (Å²) in [6, 6.07) is 6.17. The van der Waals surface area contributed by atoms with Crippen LogP contribution in [0.4, 0.5) is 0 Å². The minimum absolute atomic E-state index is 0.150. The van der Waals surface area contributed by atoms with Gasteiger partial charge in [0.05, 0.1) is 6.07 Å². The molecular weight excluding hydrogens is 212 g/mol. The van der Waals surface area contributed by atoms with Crippen molar-refractivity contribution in [3.05, 3.63) is 34.4 Å². The Balaban J connectivity index is 2.89. The fraction of sp³-hybridized carbons (Fsp3) is 0.500. The molecule has 0 saturated carbocycles. The van der Waals surface area contributed by atoms with E-state index in [0.717, 1.165) is 11.1 Å². The lowest BCUT2D eigenvalue weighted by Gasteiger charge is -2.16. The van der Waals surface area contributed by atoms with E-state index in [9.17, 15) is 5.26 Å². The van der Waals surface area contributed by atoms with Gasteiger partial charge in [-0.1, -0.05) is 12.1 Å². The van der Waals surface area contributed by atoms with Gasteiger partial charge in [0.2, 0.25) is 0 Å². The lowest BCUT2D eigenvalue weighted by Crippen LogP contribution is -2.22. The van der Waals surface area contributed by atoms with E-state index in [0.29, 0.717) is 13.0 Å². The molecule has 0 saturated heterocycles. The molecule has 0 amide bonds. The first-order chi connectivity index (χ1) is 8.10. The third-order valence-corrected chi connectivity index (χ3v) is 3.01. The molecule has 3 heteroatoms. The van der Waals surface area contributed by atoms with Crippen LogP contribution in [0.2, 0.25) is 0 Å². The maximum atomic E-state index is 9.19. The number of benzene rings is 1. The lowest BCUT2D eigenvalue weighted by molar-refractivity contribution is 0.285. The Labute approximate surface area is 103 Å². The smallest absolute Gasteiger partial charge is 0.121 e. The van der Waals surface area contributed by atoms with E-state index < -0.39 is 0 Å². The number of aliphatic hydroxyl groups excluding tert-OH is 1. The van der Waals surface area contributed by atoms with Gasteiger partial charge in [0, 0.05) is 6.61 Å². The van der Waals surface area contributed by atoms with Crippen LogP contribution in [0.25, 0.3) is 0 Å². The van der Waals surface area contributed by atoms with Crippen molar-refractivity contribution in [3.63, 3.8) is 0 Å². The Morgan fingerprint density at radius 2 is 1.88 bits per heavy atom. The van der Waals surface area contributed by atoms with Crippen molar-refractivity contribution in [2.24, 2.45) is 0 Å². The Bertz CT molecular complexity index is 421. The van der Waals surface area contributed by atoms with Crippen molar-refractivity contribution in [2.45, 2.75) is 33.2 Å². The van der Waals surface area contributed by atoms with E-state index in [1.165, 1.54) is 11.1 Å². The van der Waals surface area contributed by atoms with Crippen LogP contribution in [-0.2, 0) is 0 Å². The zero-order chi connectivity index (χ0) is 12.8. The van der Waals surface area contributed by atoms with Gasteiger partial charge in [-0.05, 0) is 56.0 Å². The Morgan fingerprint density at radius 1 is 1.24 bits per heavy atom. The van der Waals surface area contributed by atoms with Gasteiger partial charge in [0.15, 0.2) is 0 Å². The third kappa shape index (κ3) is 3.55. The third-order valence-electron chi connectivity index (χ3n) is 3.01. The molecule has 0 aliphatic heterocycles. The molecule has 0 spiro atoms. The first kappa shape index (κ1) is 13.7. The highest BCUT2D eigenvalue weighted by Crippen LogP contribution is 2.21. The standard InChI is InChI=1S/C14H20N2O/c1-10-7-12(3)13(8-11(10)2)14(9-15)16-5-4-6-17/h7-8,14,16-17H,4-6H2,1-3H3. The van der Waals surface area contributed by atoms with E-state index in [-0.39, 0.29) is 12.6 Å². The largest absolute Gasteiger partial charge is 0.396 e. The van der Waals surface area contributed by atoms with Crippen LogP contribution in [0.3, 0.4) is 0 Å². The molecule has 0 aliphatic rings. The second kappa shape index (κ2) is 6.39. The molecule has 92 valence electrons. The van der Waals surface area contributed by atoms with Crippen LogP contribution in [0, 0.1) is 32.1 Å². The van der Waals surface area contributed by atoms with Crippen LogP contribution >= 0.6 is 0 Å². The number of hydrogen-bond donors (Lipinski definition) is 2. The maximum absolute atomic E-state index is 9.19. The SMILES string of the molecule is Cc1cc(C)c(C(C#N)NCCCO)cc1C. The molecule has 0 aliphatic carbocycles. The number of aliphatic hydroxyl groups is 1. The van der Waals surface area contributed by atoms with E-state index in [1.807, 2.05) is 6.92 Å². The number of nitrogens with zero attached hydrogens (tertiary/aromatic N) is 1. The molecule has 1 rings (SSSR count). The summed E-state index contributed by atoms with van der Waals surface area (Å²) >= 11 is 0. The summed E-state index contributed by atoms with van der Waals surface area (Å²) in [5.74, 6) is 0. The number of nitriles is 1. The van der Waals surface area contributed by atoms with Gasteiger partial charge in [-0.25, -0.2) is 0 Å². The predicted molar refractivity (Wildman–Crippen MR) is 68.7 cm³/mol. The highest BCUT2D eigenvalue weighted by molar-refractivity contribution is 5.40. The molecule has 17 heavy (non-hydrogen) atoms. The quantitative estimate of drug-likeness (QED) is 0.765. The molecule has 0 heterocycles. The number of rotatable bonds is 5. The number of hydrogen-bond acceptors (Lipinski definition) is 3. The molecule has 3 nitrogen and oxygen atoms in total. The Kier molecular flexibility index (Phi) is 5.14. The summed E-state index contributed by atoms with van der Waals surface area (Å²) in [7, 11) is 0. The van der Waals surface area contributed by atoms with Crippen molar-refractivity contribution >= 4 is 0 Å². The molecule has 1 atom stereocenters. The molecular formula is C14H20N2O. The first-order valence-corrected chi connectivity index (χ1v) is 5.91. The van der Waals surface area contributed by atoms with Crippen molar-refractivity contribution in [1.29, 1.82) is 5.26 Å². The monoisotopic (exact) mass is 232 g/mol. The fourth-order valence-electron chi connectivity index (χ4n) is 1.84. The van der Waals surface area contributed by atoms with Crippen molar-refractivity contribution in [2.75, 3.05) is 13.2 Å². The van der Waals surface area contributed by atoms with Crippen LogP contribution in [-0.4, -0.2) is 18.3 Å². The second-order valence-electron chi connectivity index (χ2n) is 4.39. The number of nitrogens with one attached hydrogen (secondary N) is 1. The normalized spacial score (nSPS) is 12.2. The molecule has 0 fully saturated rings. The Hall–Kier alpha value is -1.37. The zero-order valence-corrected chi connectivity index (χ0v) is 10.7. The average molecular weight is 232 g/mol. The van der Waals surface area contributed by atoms with Gasteiger partial charge < -0.3 is 5.11 Å². The molecule has 2 N–H and O–H groups in total. The summed E-state index contributed by atoms with van der Waals surface area (Å²) in [6.45, 7) is 6.96. The van der Waals surface area contributed by atoms with Crippen molar-refractivity contribution in [1.82, 2.24) is 5.32 Å². The van der Waals surface area contributed by atoms with Crippen molar-refractivity contribution in [3.8, 4) is 6.07 Å². The van der Waals surface area contributed by atoms with E-state index in [2.05, 4.69) is 37.4 Å². The van der Waals surface area contributed by atoms with E-state index >= 15 is 0 Å². The summed E-state index contributed by atoms with van der Waals surface area (Å²) in [4.78, 5) is 0. The average Bonchev–Trinajstić information content (AvgIpc) is 2.30. The van der Waals surface area contributed by atoms with E-state index in [1.54, 1.807) is 0 Å². The predicted octanol–water partition coefficient (Wildman–Crippen LogP) is 2.15. The first-order valence-electron chi connectivity index (χ1n) is 5.91. The van der Waals surface area contributed by atoms with Crippen LogP contribution < -0.4 is 5.32 Å². The van der Waals surface area contributed by atoms with Crippen LogP contribution in [0.1, 0.15) is 34.7 Å². The highest BCUT2D eigenvalue weighted by Gasteiger charge is 2.13. The maximum Gasteiger partial charge on any atom is 0.121 e. The molecule has 0 bridgehead atoms. The second-order valence-corrected chi connectivity index (χ2v) is 4.39. The van der Waals surface area contributed by atoms with Gasteiger partial charge in [0.25, 0.3) is 0 Å². The minimum Gasteiger partial charge on any atom is -0.396 e. The van der Waals surface area contributed by atoms with E-state index in [4.69, 9.17) is 5.11 Å². The van der Waals surface area contributed by atoms with Gasteiger partial charge >= 0.3 is 0 Å². The topological polar surface area (TPSA) is 56.0 Å². The summed E-state index contributed by atoms with van der Waals surface area (Å²) in [6.07, 6.45) is 0.669. The molecule has 1 unspecified atom stereocenters. The van der Waals surface area contributed by atoms with Crippen LogP contribution in [0.5, 0.6) is 0 Å². The fourth-order valence-corrected chi connectivity index (χ4v) is 1.84. The summed E-state index contributed by atoms with van der Waals surface area (Å²) in [5, 5.41) is 21.1. The Morgan fingerprint density at radius 3 is 2.47 bits per heavy atom. The lowest BCUT2D eigenvalue weighted by atomic mass is 9.96. The molecule has 1 aromatic carbocycles. The summed E-state index contributed by atoms with van der Waals surface area (Å²) in [5.41, 5.74) is 4.62. The van der Waals surface area contributed by atoms with Gasteiger partial charge in [-0.15, -0.1) is 0 Å². The number of aryl methyl sites for hydroxylation is 3. The molecule has 0 radical (unpaired) electrons. The van der Waals surface area contributed by atoms with Crippen LogP contribution in [0.15, 0.2) is 12.1 Å². The molecule has 0 aromatic heterocycles. The molecule has 1 aromatic rings. The minimum atomic E-state index is -0.291. The van der Waals surface area contributed by atoms with Gasteiger partial charge in [-0.3, -0.25) is 5.32 Å². The van der Waals surface area contributed by atoms with Gasteiger partial charge in [-0.2, -0.15) is 5.26 Å². The highest BCUT2D eigenvalue weighted by atomic mass is 16.3. The van der Waals surface area contributed by atoms with Crippen molar-refractivity contribution < 1.29 is 5.11 Å².